The molecule has 1 aliphatic heterocycles. The average molecular weight is 246 g/mol. The number of piperidine rings is 1. The summed E-state index contributed by atoms with van der Waals surface area (Å²) in [6.07, 6.45) is 5.10. The molecule has 2 nitrogen and oxygen atoms in total. The molecule has 0 saturated carbocycles. The van der Waals surface area contributed by atoms with Crippen molar-refractivity contribution in [3.05, 3.63) is 35.9 Å². The van der Waals surface area contributed by atoms with E-state index in [2.05, 4.69) is 42.2 Å². The maximum atomic E-state index is 5.85. The van der Waals surface area contributed by atoms with Gasteiger partial charge < -0.3 is 5.73 Å². The van der Waals surface area contributed by atoms with Gasteiger partial charge in [-0.05, 0) is 43.8 Å². The summed E-state index contributed by atoms with van der Waals surface area (Å²) in [5.74, 6) is 0.696. The van der Waals surface area contributed by atoms with E-state index in [1.54, 1.807) is 0 Å². The molecule has 100 valence electrons. The Morgan fingerprint density at radius 2 is 2.11 bits per heavy atom. The molecule has 1 heterocycles. The minimum absolute atomic E-state index is 0.588. The van der Waals surface area contributed by atoms with Gasteiger partial charge in [0.25, 0.3) is 0 Å². The fraction of sp³-hybridized carbons (Fsp3) is 0.625. The average Bonchev–Trinajstić information content (AvgIpc) is 2.46. The van der Waals surface area contributed by atoms with Crippen LogP contribution < -0.4 is 5.73 Å². The first-order valence-corrected chi connectivity index (χ1v) is 7.34. The largest absolute Gasteiger partial charge is 0.330 e. The molecule has 0 radical (unpaired) electrons. The Morgan fingerprint density at radius 3 is 2.78 bits per heavy atom. The van der Waals surface area contributed by atoms with E-state index in [4.69, 9.17) is 5.73 Å². The van der Waals surface area contributed by atoms with E-state index in [0.29, 0.717) is 12.0 Å². The number of hydrogen-bond acceptors (Lipinski definition) is 2. The highest BCUT2D eigenvalue weighted by Gasteiger charge is 2.25. The zero-order valence-corrected chi connectivity index (χ0v) is 11.5. The first-order chi connectivity index (χ1) is 8.85. The van der Waals surface area contributed by atoms with Crippen molar-refractivity contribution >= 4 is 0 Å². The van der Waals surface area contributed by atoms with E-state index in [0.717, 1.165) is 6.54 Å². The molecule has 2 rings (SSSR count). The van der Waals surface area contributed by atoms with Crippen LogP contribution in [-0.4, -0.2) is 24.5 Å². The quantitative estimate of drug-likeness (QED) is 0.864. The highest BCUT2D eigenvalue weighted by Crippen LogP contribution is 2.29. The standard InChI is InChI=1S/C16H26N2/c1-2-7-16(15-9-4-3-5-10-15)18-11-6-8-14(12-17)13-18/h3-5,9-10,14,16H,2,6-8,11-13,17H2,1H3. The summed E-state index contributed by atoms with van der Waals surface area (Å²) in [6.45, 7) is 5.52. The predicted molar refractivity (Wildman–Crippen MR) is 77.4 cm³/mol. The molecule has 1 aliphatic rings. The van der Waals surface area contributed by atoms with Crippen molar-refractivity contribution in [3.63, 3.8) is 0 Å². The minimum Gasteiger partial charge on any atom is -0.330 e. The van der Waals surface area contributed by atoms with Crippen LogP contribution in [0.5, 0.6) is 0 Å². The first-order valence-electron chi connectivity index (χ1n) is 7.34. The molecule has 0 spiro atoms. The van der Waals surface area contributed by atoms with Gasteiger partial charge in [-0.3, -0.25) is 4.90 Å². The van der Waals surface area contributed by atoms with Crippen LogP contribution in [0.25, 0.3) is 0 Å². The molecule has 2 heteroatoms. The van der Waals surface area contributed by atoms with E-state index in [1.165, 1.54) is 44.3 Å². The molecule has 0 aliphatic carbocycles. The van der Waals surface area contributed by atoms with Crippen LogP contribution in [0.1, 0.15) is 44.2 Å². The van der Waals surface area contributed by atoms with Crippen molar-refractivity contribution in [1.82, 2.24) is 4.90 Å². The SMILES string of the molecule is CCCC(c1ccccc1)N1CCCC(CN)C1. The number of benzene rings is 1. The van der Waals surface area contributed by atoms with Crippen molar-refractivity contribution < 1.29 is 0 Å². The fourth-order valence-electron chi connectivity index (χ4n) is 3.08. The number of hydrogen-bond donors (Lipinski definition) is 1. The van der Waals surface area contributed by atoms with Crippen LogP contribution in [0.3, 0.4) is 0 Å². The Morgan fingerprint density at radius 1 is 1.33 bits per heavy atom. The van der Waals surface area contributed by atoms with Crippen LogP contribution in [0.15, 0.2) is 30.3 Å². The van der Waals surface area contributed by atoms with Crippen molar-refractivity contribution in [3.8, 4) is 0 Å². The lowest BCUT2D eigenvalue weighted by Gasteiger charge is -2.38. The van der Waals surface area contributed by atoms with Crippen molar-refractivity contribution in [1.29, 1.82) is 0 Å². The van der Waals surface area contributed by atoms with Gasteiger partial charge in [-0.25, -0.2) is 0 Å². The predicted octanol–water partition coefficient (Wildman–Crippen LogP) is 3.20. The molecular formula is C16H26N2. The minimum atomic E-state index is 0.588. The molecule has 2 atom stereocenters. The summed E-state index contributed by atoms with van der Waals surface area (Å²) in [5, 5.41) is 0. The lowest BCUT2D eigenvalue weighted by Crippen LogP contribution is -2.40. The second kappa shape index (κ2) is 6.91. The third-order valence-corrected chi connectivity index (χ3v) is 4.07. The highest BCUT2D eigenvalue weighted by atomic mass is 15.2. The summed E-state index contributed by atoms with van der Waals surface area (Å²) in [5.41, 5.74) is 7.32. The number of nitrogens with two attached hydrogens (primary N) is 1. The third kappa shape index (κ3) is 3.33. The summed E-state index contributed by atoms with van der Waals surface area (Å²) in [6, 6.07) is 11.5. The number of nitrogens with zero attached hydrogens (tertiary/aromatic N) is 1. The van der Waals surface area contributed by atoms with Gasteiger partial charge in [0.05, 0.1) is 0 Å². The van der Waals surface area contributed by atoms with E-state index in [9.17, 15) is 0 Å². The smallest absolute Gasteiger partial charge is 0.0348 e. The topological polar surface area (TPSA) is 29.3 Å². The number of rotatable bonds is 5. The van der Waals surface area contributed by atoms with E-state index in [-0.39, 0.29) is 0 Å². The maximum absolute atomic E-state index is 5.85. The monoisotopic (exact) mass is 246 g/mol. The zero-order chi connectivity index (χ0) is 12.8. The second-order valence-electron chi connectivity index (χ2n) is 5.45. The summed E-state index contributed by atoms with van der Waals surface area (Å²) in [4.78, 5) is 2.65. The van der Waals surface area contributed by atoms with Crippen molar-refractivity contribution in [2.24, 2.45) is 11.7 Å². The van der Waals surface area contributed by atoms with Crippen molar-refractivity contribution in [2.75, 3.05) is 19.6 Å². The van der Waals surface area contributed by atoms with Gasteiger partial charge in [0, 0.05) is 12.6 Å². The van der Waals surface area contributed by atoms with Crippen molar-refractivity contribution in [2.45, 2.75) is 38.6 Å². The highest BCUT2D eigenvalue weighted by molar-refractivity contribution is 5.19. The molecular weight excluding hydrogens is 220 g/mol. The van der Waals surface area contributed by atoms with Gasteiger partial charge in [0.2, 0.25) is 0 Å². The van der Waals surface area contributed by atoms with Crippen LogP contribution >= 0.6 is 0 Å². The Labute approximate surface area is 111 Å². The summed E-state index contributed by atoms with van der Waals surface area (Å²) >= 11 is 0. The molecule has 0 amide bonds. The normalized spacial score (nSPS) is 22.9. The van der Waals surface area contributed by atoms with Crippen LogP contribution in [0.4, 0.5) is 0 Å². The lowest BCUT2D eigenvalue weighted by molar-refractivity contribution is 0.119. The maximum Gasteiger partial charge on any atom is 0.0348 e. The van der Waals surface area contributed by atoms with Crippen LogP contribution in [0, 0.1) is 5.92 Å². The van der Waals surface area contributed by atoms with Gasteiger partial charge in [-0.2, -0.15) is 0 Å². The van der Waals surface area contributed by atoms with Gasteiger partial charge in [-0.1, -0.05) is 43.7 Å². The third-order valence-electron chi connectivity index (χ3n) is 4.07. The number of likely N-dealkylation sites (tertiary alicyclic amines) is 1. The molecule has 2 N–H and O–H groups in total. The van der Waals surface area contributed by atoms with Gasteiger partial charge in [0.1, 0.15) is 0 Å². The van der Waals surface area contributed by atoms with Crippen LogP contribution in [-0.2, 0) is 0 Å². The molecule has 1 aromatic rings. The summed E-state index contributed by atoms with van der Waals surface area (Å²) in [7, 11) is 0. The Kier molecular flexibility index (Phi) is 5.21. The van der Waals surface area contributed by atoms with Gasteiger partial charge in [-0.15, -0.1) is 0 Å². The first kappa shape index (κ1) is 13.6. The Bertz CT molecular complexity index is 336. The van der Waals surface area contributed by atoms with Gasteiger partial charge in [0.15, 0.2) is 0 Å². The molecule has 0 aromatic heterocycles. The molecule has 1 fully saturated rings. The Hall–Kier alpha value is -0.860. The molecule has 1 aromatic carbocycles. The zero-order valence-electron chi connectivity index (χ0n) is 11.5. The van der Waals surface area contributed by atoms with E-state index >= 15 is 0 Å². The van der Waals surface area contributed by atoms with E-state index in [1.807, 2.05) is 0 Å². The fourth-order valence-corrected chi connectivity index (χ4v) is 3.08. The second-order valence-corrected chi connectivity index (χ2v) is 5.45. The van der Waals surface area contributed by atoms with Crippen LogP contribution in [0.2, 0.25) is 0 Å². The Balaban J connectivity index is 2.09. The lowest BCUT2D eigenvalue weighted by atomic mass is 9.93. The molecule has 2 unspecified atom stereocenters. The van der Waals surface area contributed by atoms with Gasteiger partial charge >= 0.3 is 0 Å². The summed E-state index contributed by atoms with van der Waals surface area (Å²) < 4.78 is 0. The molecule has 1 saturated heterocycles. The molecule has 0 bridgehead atoms. The molecule has 18 heavy (non-hydrogen) atoms. The van der Waals surface area contributed by atoms with E-state index < -0.39 is 0 Å².